The second-order valence-corrected chi connectivity index (χ2v) is 23.3. The topological polar surface area (TPSA) is 59.6 Å². The highest BCUT2D eigenvalue weighted by Gasteiger charge is 2.02. The molecule has 0 unspecified atom stereocenters. The summed E-state index contributed by atoms with van der Waals surface area (Å²) >= 11 is 0. The molecule has 1 rings (SSSR count). The van der Waals surface area contributed by atoms with Gasteiger partial charge < -0.3 is 30.5 Å². The summed E-state index contributed by atoms with van der Waals surface area (Å²) in [5.41, 5.74) is 0. The Bertz CT molecular complexity index is 779. The quantitative estimate of drug-likeness (QED) is 0.0528. The molecule has 0 aromatic carbocycles. The highest BCUT2D eigenvalue weighted by atomic mass is 16.1. The molecule has 0 radical (unpaired) electrons. The van der Waals surface area contributed by atoms with Crippen LogP contribution in [-0.4, -0.2) is 96.6 Å². The minimum atomic E-state index is 1.16. The molecule has 0 aliphatic carbocycles. The van der Waals surface area contributed by atoms with Crippen molar-refractivity contribution in [2.45, 2.75) is 356 Å². The molecule has 1 fully saturated rings. The summed E-state index contributed by atoms with van der Waals surface area (Å²) in [7, 11) is 6.47. The van der Waals surface area contributed by atoms with Crippen LogP contribution >= 0.6 is 0 Å². The maximum Gasteiger partial charge on any atom is 0.106 e. The zero-order chi connectivity index (χ0) is 55.0. The van der Waals surface area contributed by atoms with E-state index in [2.05, 4.69) is 81.5 Å². The Kier molecular flexibility index (Phi) is 87.9. The van der Waals surface area contributed by atoms with Gasteiger partial charge in [-0.05, 0) is 86.0 Å². The van der Waals surface area contributed by atoms with Crippen LogP contribution < -0.4 is 16.0 Å². The number of piperazine rings is 1. The van der Waals surface area contributed by atoms with E-state index in [1.54, 1.807) is 0 Å². The van der Waals surface area contributed by atoms with Crippen molar-refractivity contribution in [3.05, 3.63) is 0 Å². The SMILES string of the molecule is C=O.CCCCCCCCCCCCN(C)C.CCCCCCCCCCCCNCCCCCCCCCCCC.CCCCCCCCCCCCNCCCCCCCCCCCC.CN1CCNCC1. The smallest absolute Gasteiger partial charge is 0.106 e. The van der Waals surface area contributed by atoms with Crippen LogP contribution in [0.1, 0.15) is 356 Å². The zero-order valence-corrected chi connectivity index (χ0v) is 53.2. The maximum absolute atomic E-state index is 8.00. The van der Waals surface area contributed by atoms with Crippen LogP contribution in [0.5, 0.6) is 0 Å². The molecule has 1 aliphatic heterocycles. The number of carbonyl (C=O) groups is 1. The Labute approximate surface area is 471 Å². The van der Waals surface area contributed by atoms with Crippen LogP contribution in [0.3, 0.4) is 0 Å². The summed E-state index contributed by atoms with van der Waals surface area (Å²) < 4.78 is 0. The van der Waals surface area contributed by atoms with Gasteiger partial charge in [0.2, 0.25) is 0 Å². The number of nitrogens with one attached hydrogen (secondary N) is 3. The van der Waals surface area contributed by atoms with Gasteiger partial charge in [-0.3, -0.25) is 0 Å². The van der Waals surface area contributed by atoms with Gasteiger partial charge in [0, 0.05) is 26.2 Å². The van der Waals surface area contributed by atoms with Gasteiger partial charge in [0.15, 0.2) is 0 Å². The van der Waals surface area contributed by atoms with Crippen molar-refractivity contribution >= 4 is 6.79 Å². The number of likely N-dealkylation sites (N-methyl/N-ethyl adjacent to an activating group) is 1. The lowest BCUT2D eigenvalue weighted by Gasteiger charge is -2.21. The Hall–Kier alpha value is -0.530. The first-order valence-electron chi connectivity index (χ1n) is 34.2. The van der Waals surface area contributed by atoms with Crippen molar-refractivity contribution in [2.75, 3.05) is 80.0 Å². The molecule has 0 aromatic heterocycles. The molecule has 6 heteroatoms. The van der Waals surface area contributed by atoms with E-state index in [-0.39, 0.29) is 0 Å². The second-order valence-electron chi connectivity index (χ2n) is 23.3. The summed E-state index contributed by atoms with van der Waals surface area (Å²) in [6, 6.07) is 0. The summed E-state index contributed by atoms with van der Waals surface area (Å²) in [5, 5.41) is 10.5. The van der Waals surface area contributed by atoms with Crippen LogP contribution in [0.2, 0.25) is 0 Å². The monoisotopic (exact) mass is 1050 g/mol. The van der Waals surface area contributed by atoms with Crippen molar-refractivity contribution < 1.29 is 4.79 Å². The van der Waals surface area contributed by atoms with Crippen LogP contribution in [0.25, 0.3) is 0 Å². The van der Waals surface area contributed by atoms with E-state index in [0.29, 0.717) is 0 Å². The average Bonchev–Trinajstić information content (AvgIpc) is 3.41. The summed E-state index contributed by atoms with van der Waals surface area (Å²) in [6.07, 6.45) is 71.9. The van der Waals surface area contributed by atoms with E-state index < -0.39 is 0 Å². The molecular formula is C68H147N5O. The molecule has 74 heavy (non-hydrogen) atoms. The molecule has 450 valence electrons. The van der Waals surface area contributed by atoms with Crippen molar-refractivity contribution in [3.8, 4) is 0 Å². The van der Waals surface area contributed by atoms with E-state index in [0.717, 1.165) is 13.1 Å². The average molecular weight is 1050 g/mol. The van der Waals surface area contributed by atoms with Gasteiger partial charge in [0.25, 0.3) is 0 Å². The molecule has 0 bridgehead atoms. The van der Waals surface area contributed by atoms with Gasteiger partial charge in [-0.15, -0.1) is 0 Å². The molecule has 1 aliphatic rings. The molecule has 0 amide bonds. The largest absolute Gasteiger partial charge is 0.317 e. The first-order chi connectivity index (χ1) is 36.5. The number of unbranched alkanes of at least 4 members (excludes halogenated alkanes) is 45. The molecular weight excluding hydrogens is 903 g/mol. The predicted octanol–water partition coefficient (Wildman–Crippen LogP) is 20.6. The number of carbonyl (C=O) groups excluding carboxylic acids is 1. The summed E-state index contributed by atoms with van der Waals surface area (Å²) in [6.45, 7) is 24.4. The Morgan fingerprint density at radius 3 is 0.649 bits per heavy atom. The molecule has 0 spiro atoms. The Morgan fingerprint density at radius 2 is 0.486 bits per heavy atom. The van der Waals surface area contributed by atoms with Crippen LogP contribution in [-0.2, 0) is 4.79 Å². The van der Waals surface area contributed by atoms with Gasteiger partial charge in [0.05, 0.1) is 0 Å². The van der Waals surface area contributed by atoms with Gasteiger partial charge >= 0.3 is 0 Å². The van der Waals surface area contributed by atoms with Gasteiger partial charge in [0.1, 0.15) is 6.79 Å². The Morgan fingerprint density at radius 1 is 0.311 bits per heavy atom. The molecule has 0 saturated carbocycles. The third kappa shape index (κ3) is 88.1. The lowest BCUT2D eigenvalue weighted by Crippen LogP contribution is -2.40. The fourth-order valence-corrected chi connectivity index (χ4v) is 9.89. The van der Waals surface area contributed by atoms with Crippen molar-refractivity contribution in [3.63, 3.8) is 0 Å². The fraction of sp³-hybridized carbons (Fsp3) is 0.985. The normalized spacial score (nSPS) is 12.3. The van der Waals surface area contributed by atoms with Gasteiger partial charge in [-0.2, -0.15) is 0 Å². The van der Waals surface area contributed by atoms with Crippen molar-refractivity contribution in [2.24, 2.45) is 0 Å². The number of rotatable bonds is 55. The fourth-order valence-electron chi connectivity index (χ4n) is 9.89. The van der Waals surface area contributed by atoms with Crippen LogP contribution in [0, 0.1) is 0 Å². The van der Waals surface area contributed by atoms with E-state index in [1.807, 2.05) is 6.79 Å². The minimum Gasteiger partial charge on any atom is -0.317 e. The predicted molar refractivity (Wildman–Crippen MR) is 341 cm³/mol. The first-order valence-corrected chi connectivity index (χ1v) is 34.2. The molecule has 0 atom stereocenters. The third-order valence-corrected chi connectivity index (χ3v) is 15.1. The molecule has 1 heterocycles. The number of hydrogen-bond acceptors (Lipinski definition) is 6. The lowest BCUT2D eigenvalue weighted by atomic mass is 10.1. The van der Waals surface area contributed by atoms with Crippen LogP contribution in [0.4, 0.5) is 0 Å². The minimum absolute atomic E-state index is 1.16. The van der Waals surface area contributed by atoms with Crippen molar-refractivity contribution in [1.82, 2.24) is 25.8 Å². The number of nitrogens with zero attached hydrogens (tertiary/aromatic N) is 2. The van der Waals surface area contributed by atoms with E-state index in [4.69, 9.17) is 4.79 Å². The van der Waals surface area contributed by atoms with E-state index in [9.17, 15) is 0 Å². The van der Waals surface area contributed by atoms with E-state index >= 15 is 0 Å². The molecule has 1 saturated heterocycles. The van der Waals surface area contributed by atoms with Gasteiger partial charge in [-0.1, -0.05) is 324 Å². The second kappa shape index (κ2) is 81.3. The summed E-state index contributed by atoms with van der Waals surface area (Å²) in [4.78, 5) is 12.6. The zero-order valence-electron chi connectivity index (χ0n) is 53.2. The molecule has 6 nitrogen and oxygen atoms in total. The van der Waals surface area contributed by atoms with Gasteiger partial charge in [-0.25, -0.2) is 0 Å². The highest BCUT2D eigenvalue weighted by molar-refractivity contribution is 5.11. The number of hydrogen-bond donors (Lipinski definition) is 3. The molecule has 0 aromatic rings. The highest BCUT2D eigenvalue weighted by Crippen LogP contribution is 2.15. The third-order valence-electron chi connectivity index (χ3n) is 15.1. The van der Waals surface area contributed by atoms with Crippen LogP contribution in [0.15, 0.2) is 0 Å². The lowest BCUT2D eigenvalue weighted by molar-refractivity contribution is -0.0980. The maximum atomic E-state index is 8.00. The van der Waals surface area contributed by atoms with Crippen molar-refractivity contribution in [1.29, 1.82) is 0 Å². The standard InChI is InChI=1S/2C24H51N.C14H31N.C5H12N2.CH2O/c2*1-3-5-7-9-11-13-15-17-19-21-23-25-24-22-20-18-16-14-12-10-8-6-4-2;1-4-5-6-7-8-9-10-11-12-13-14-15(2)3;1-7-4-2-6-3-5-7;1-2/h2*25H,3-24H2,1-2H3;4-14H2,1-3H3;6H,2-5H2,1H3;1H2. The molecule has 3 N–H and O–H groups in total. The Balaban J connectivity index is -0.000000467. The summed E-state index contributed by atoms with van der Waals surface area (Å²) in [5.74, 6) is 0. The first kappa shape index (κ1) is 80.0. The van der Waals surface area contributed by atoms with E-state index in [1.165, 1.54) is 367 Å².